The summed E-state index contributed by atoms with van der Waals surface area (Å²) in [6.07, 6.45) is 56.3. The molecule has 49 heavy (non-hydrogen) atoms. The smallest absolute Gasteiger partial charge is 0.00952 e. The van der Waals surface area contributed by atoms with Crippen LogP contribution in [0.3, 0.4) is 0 Å². The van der Waals surface area contributed by atoms with E-state index in [0.717, 1.165) is 12.3 Å². The van der Waals surface area contributed by atoms with E-state index >= 15 is 0 Å². The molecule has 0 saturated heterocycles. The molecule has 0 aromatic rings. The van der Waals surface area contributed by atoms with Gasteiger partial charge in [-0.05, 0) is 44.7 Å². The van der Waals surface area contributed by atoms with Gasteiger partial charge in [-0.3, -0.25) is 0 Å². The molecule has 1 radical (unpaired) electrons. The van der Waals surface area contributed by atoms with Crippen LogP contribution in [-0.2, 0) is 0 Å². The van der Waals surface area contributed by atoms with Crippen molar-refractivity contribution in [2.75, 3.05) is 13.1 Å². The molecule has 0 aliphatic heterocycles. The topological polar surface area (TPSA) is 3.24 Å². The van der Waals surface area contributed by atoms with Gasteiger partial charge in [0.15, 0.2) is 0 Å². The highest BCUT2D eigenvalue weighted by atomic mass is 15.1. The highest BCUT2D eigenvalue weighted by Crippen LogP contribution is 2.26. The van der Waals surface area contributed by atoms with Crippen molar-refractivity contribution in [3.05, 3.63) is 6.92 Å². The molecule has 0 aromatic heterocycles. The van der Waals surface area contributed by atoms with E-state index in [9.17, 15) is 0 Å². The third-order valence-electron chi connectivity index (χ3n) is 11.8. The Kier molecular flexibility index (Phi) is 42.3. The number of nitrogens with zero attached hydrogens (tertiary/aromatic N) is 1. The molecule has 1 heteroatoms. The Bertz CT molecular complexity index is 563. The standard InChI is InChI=1S/C48H98N/c1-6-11-15-17-19-21-22-23-24-25-26-27-28-29-30-31-33-35-37-39-42-47(41-38-36-34-32-20-18-16-12-7-2)43-40-44-48(10-5)49(45-13-8-3)46-14-9-4/h47-48H,5-46H2,1-4H3. The van der Waals surface area contributed by atoms with Gasteiger partial charge in [0.05, 0.1) is 0 Å². The van der Waals surface area contributed by atoms with Crippen molar-refractivity contribution in [3.8, 4) is 0 Å². The second-order valence-corrected chi connectivity index (χ2v) is 16.6. The van der Waals surface area contributed by atoms with E-state index in [-0.39, 0.29) is 0 Å². The Morgan fingerprint density at radius 2 is 0.571 bits per heavy atom. The third kappa shape index (κ3) is 36.1. The fourth-order valence-electron chi connectivity index (χ4n) is 8.22. The predicted octanol–water partition coefficient (Wildman–Crippen LogP) is 17.4. The average Bonchev–Trinajstić information content (AvgIpc) is 3.11. The third-order valence-corrected chi connectivity index (χ3v) is 11.8. The minimum Gasteiger partial charge on any atom is -0.300 e. The molecule has 2 unspecified atom stereocenters. The molecule has 0 bridgehead atoms. The van der Waals surface area contributed by atoms with E-state index in [1.54, 1.807) is 0 Å². The van der Waals surface area contributed by atoms with Crippen LogP contribution in [0.15, 0.2) is 0 Å². The highest BCUT2D eigenvalue weighted by Gasteiger charge is 2.17. The summed E-state index contributed by atoms with van der Waals surface area (Å²) in [4.78, 5) is 2.81. The molecule has 0 aromatic carbocycles. The van der Waals surface area contributed by atoms with Gasteiger partial charge in [-0.15, -0.1) is 0 Å². The van der Waals surface area contributed by atoms with Gasteiger partial charge >= 0.3 is 0 Å². The molecule has 295 valence electrons. The van der Waals surface area contributed by atoms with E-state index in [0.29, 0.717) is 6.04 Å². The number of rotatable bonds is 43. The second-order valence-electron chi connectivity index (χ2n) is 16.6. The predicted molar refractivity (Wildman–Crippen MR) is 227 cm³/mol. The van der Waals surface area contributed by atoms with Crippen LogP contribution in [-0.4, -0.2) is 24.0 Å². The fraction of sp³-hybridized carbons (Fsp3) is 0.979. The van der Waals surface area contributed by atoms with Crippen LogP contribution < -0.4 is 0 Å². The molecule has 0 heterocycles. The first-order valence-corrected chi connectivity index (χ1v) is 23.8. The van der Waals surface area contributed by atoms with Gasteiger partial charge in [-0.1, -0.05) is 259 Å². The quantitative estimate of drug-likeness (QED) is 0.0576. The average molecular weight is 689 g/mol. The Morgan fingerprint density at radius 1 is 0.306 bits per heavy atom. The van der Waals surface area contributed by atoms with Crippen LogP contribution >= 0.6 is 0 Å². The molecule has 0 spiro atoms. The molecular weight excluding hydrogens is 591 g/mol. The van der Waals surface area contributed by atoms with Crippen molar-refractivity contribution < 1.29 is 0 Å². The number of hydrogen-bond acceptors (Lipinski definition) is 1. The summed E-state index contributed by atoms with van der Waals surface area (Å²) in [5, 5.41) is 0. The molecule has 1 nitrogen and oxygen atoms in total. The first-order valence-electron chi connectivity index (χ1n) is 23.8. The van der Waals surface area contributed by atoms with Crippen LogP contribution in [0.4, 0.5) is 0 Å². The largest absolute Gasteiger partial charge is 0.300 e. The zero-order valence-corrected chi connectivity index (χ0v) is 35.3. The van der Waals surface area contributed by atoms with Crippen molar-refractivity contribution in [1.82, 2.24) is 4.90 Å². The Morgan fingerprint density at radius 3 is 0.857 bits per heavy atom. The number of unbranched alkanes of at least 4 members (excludes halogenated alkanes) is 29. The molecule has 0 amide bonds. The van der Waals surface area contributed by atoms with Crippen LogP contribution in [0.25, 0.3) is 0 Å². The molecule has 0 N–H and O–H groups in total. The Balaban J connectivity index is 4.13. The maximum absolute atomic E-state index is 4.41. The van der Waals surface area contributed by atoms with Crippen molar-refractivity contribution in [2.45, 2.75) is 284 Å². The summed E-state index contributed by atoms with van der Waals surface area (Å²) < 4.78 is 0. The minimum absolute atomic E-state index is 0.714. The molecule has 0 fully saturated rings. The maximum atomic E-state index is 4.41. The van der Waals surface area contributed by atoms with Crippen molar-refractivity contribution in [2.24, 2.45) is 5.92 Å². The van der Waals surface area contributed by atoms with Gasteiger partial charge in [-0.25, -0.2) is 0 Å². The lowest BCUT2D eigenvalue weighted by molar-refractivity contribution is 0.175. The Hall–Kier alpha value is -0.0400. The molecule has 0 aliphatic rings. The van der Waals surface area contributed by atoms with E-state index in [1.165, 1.54) is 257 Å². The van der Waals surface area contributed by atoms with Crippen LogP contribution in [0.5, 0.6) is 0 Å². The monoisotopic (exact) mass is 689 g/mol. The van der Waals surface area contributed by atoms with E-state index in [1.807, 2.05) is 0 Å². The lowest BCUT2D eigenvalue weighted by Gasteiger charge is -2.31. The second kappa shape index (κ2) is 42.4. The lowest BCUT2D eigenvalue weighted by atomic mass is 9.88. The van der Waals surface area contributed by atoms with E-state index < -0.39 is 0 Å². The van der Waals surface area contributed by atoms with Crippen LogP contribution in [0.1, 0.15) is 278 Å². The van der Waals surface area contributed by atoms with Gasteiger partial charge in [0.25, 0.3) is 0 Å². The van der Waals surface area contributed by atoms with Crippen LogP contribution in [0.2, 0.25) is 0 Å². The van der Waals surface area contributed by atoms with Crippen molar-refractivity contribution in [1.29, 1.82) is 0 Å². The summed E-state index contributed by atoms with van der Waals surface area (Å²) in [5.41, 5.74) is 0. The fourth-order valence-corrected chi connectivity index (χ4v) is 8.22. The summed E-state index contributed by atoms with van der Waals surface area (Å²) >= 11 is 0. The summed E-state index contributed by atoms with van der Waals surface area (Å²) in [7, 11) is 0. The zero-order chi connectivity index (χ0) is 35.7. The van der Waals surface area contributed by atoms with Crippen molar-refractivity contribution in [3.63, 3.8) is 0 Å². The Labute approximate surface area is 314 Å². The van der Waals surface area contributed by atoms with Crippen LogP contribution in [0, 0.1) is 12.8 Å². The molecular formula is C48H98N. The molecule has 2 atom stereocenters. The normalized spacial score (nSPS) is 13.1. The van der Waals surface area contributed by atoms with Gasteiger partial charge < -0.3 is 4.90 Å². The number of hydrogen-bond donors (Lipinski definition) is 0. The van der Waals surface area contributed by atoms with Gasteiger partial charge in [0, 0.05) is 6.04 Å². The van der Waals surface area contributed by atoms with Gasteiger partial charge in [0.1, 0.15) is 0 Å². The summed E-state index contributed by atoms with van der Waals surface area (Å²) in [6.45, 7) is 16.3. The minimum atomic E-state index is 0.714. The molecule has 0 aliphatic carbocycles. The molecule has 0 saturated carbocycles. The zero-order valence-electron chi connectivity index (χ0n) is 35.3. The summed E-state index contributed by atoms with van der Waals surface area (Å²) in [5.74, 6) is 0.977. The van der Waals surface area contributed by atoms with Gasteiger partial charge in [0.2, 0.25) is 0 Å². The first kappa shape index (κ1) is 49.0. The SMILES string of the molecule is [CH2]CC(CCCC(CCCCCCCCCCC)CCCCCCCCCCCCCCCCCCCCCC)N(CCCC)CCCC. The lowest BCUT2D eigenvalue weighted by Crippen LogP contribution is -2.36. The maximum Gasteiger partial charge on any atom is 0.00952 e. The van der Waals surface area contributed by atoms with Gasteiger partial charge in [-0.2, -0.15) is 0 Å². The molecule has 0 rings (SSSR count). The summed E-state index contributed by atoms with van der Waals surface area (Å²) in [6, 6.07) is 0.714. The van der Waals surface area contributed by atoms with E-state index in [2.05, 4.69) is 39.5 Å². The van der Waals surface area contributed by atoms with E-state index in [4.69, 9.17) is 0 Å². The first-order chi connectivity index (χ1) is 24.2. The van der Waals surface area contributed by atoms with Crippen molar-refractivity contribution >= 4 is 0 Å². The highest BCUT2D eigenvalue weighted by molar-refractivity contribution is 4.74.